The highest BCUT2D eigenvalue weighted by Gasteiger charge is 2.31. The first-order chi connectivity index (χ1) is 9.39. The Kier molecular flexibility index (Phi) is 5.04. The highest BCUT2D eigenvalue weighted by Crippen LogP contribution is 2.34. The zero-order valence-corrected chi connectivity index (χ0v) is 12.2. The molecule has 7 heteroatoms. The van der Waals surface area contributed by atoms with E-state index in [9.17, 15) is 13.2 Å². The molecule has 0 bridgehead atoms. The molecule has 0 saturated carbocycles. The molecule has 0 spiro atoms. The normalized spacial score (nSPS) is 14.5. The van der Waals surface area contributed by atoms with Crippen molar-refractivity contribution in [3.8, 4) is 5.75 Å². The van der Waals surface area contributed by atoms with Gasteiger partial charge in [0.2, 0.25) is 0 Å². The fourth-order valence-corrected chi connectivity index (χ4v) is 2.79. The van der Waals surface area contributed by atoms with Gasteiger partial charge in [0.25, 0.3) is 0 Å². The van der Waals surface area contributed by atoms with Gasteiger partial charge >= 0.3 is 6.18 Å². The minimum atomic E-state index is -4.26. The van der Waals surface area contributed by atoms with Crippen LogP contribution in [0.15, 0.2) is 12.1 Å². The molecule has 1 heterocycles. The van der Waals surface area contributed by atoms with Crippen LogP contribution in [0.25, 0.3) is 0 Å². The summed E-state index contributed by atoms with van der Waals surface area (Å²) in [7, 11) is 0. The molecule has 0 atom stereocenters. The standard InChI is InChI=1S/C13H14Cl2F3NO/c14-2-3-19(8-13(16,17)18)7-10-6-11(15)5-9-1-4-20-12(9)10/h5-6H,1-4,7-8H2. The summed E-state index contributed by atoms with van der Waals surface area (Å²) in [6.07, 6.45) is -3.52. The van der Waals surface area contributed by atoms with Gasteiger partial charge in [0.05, 0.1) is 13.2 Å². The zero-order chi connectivity index (χ0) is 14.8. The van der Waals surface area contributed by atoms with E-state index in [0.717, 1.165) is 12.0 Å². The molecule has 2 rings (SSSR count). The third-order valence-corrected chi connectivity index (χ3v) is 3.41. The van der Waals surface area contributed by atoms with Gasteiger partial charge in [0.1, 0.15) is 5.75 Å². The predicted molar refractivity (Wildman–Crippen MR) is 72.7 cm³/mol. The number of nitrogens with zero attached hydrogens (tertiary/aromatic N) is 1. The van der Waals surface area contributed by atoms with E-state index in [1.54, 1.807) is 12.1 Å². The molecule has 1 aromatic carbocycles. The topological polar surface area (TPSA) is 12.5 Å². The van der Waals surface area contributed by atoms with E-state index >= 15 is 0 Å². The molecule has 0 radical (unpaired) electrons. The monoisotopic (exact) mass is 327 g/mol. The van der Waals surface area contributed by atoms with E-state index in [1.807, 2.05) is 0 Å². The van der Waals surface area contributed by atoms with Crippen LogP contribution in [0.5, 0.6) is 5.75 Å². The van der Waals surface area contributed by atoms with Gasteiger partial charge in [-0.3, -0.25) is 4.90 Å². The largest absolute Gasteiger partial charge is 0.493 e. The van der Waals surface area contributed by atoms with Crippen molar-refractivity contribution < 1.29 is 17.9 Å². The molecule has 20 heavy (non-hydrogen) atoms. The van der Waals surface area contributed by atoms with E-state index in [0.29, 0.717) is 22.9 Å². The number of alkyl halides is 4. The lowest BCUT2D eigenvalue weighted by atomic mass is 10.1. The smallest absolute Gasteiger partial charge is 0.401 e. The van der Waals surface area contributed by atoms with Gasteiger partial charge in [-0.2, -0.15) is 13.2 Å². The minimum absolute atomic E-state index is 0.120. The van der Waals surface area contributed by atoms with E-state index in [-0.39, 0.29) is 19.0 Å². The van der Waals surface area contributed by atoms with Gasteiger partial charge in [0, 0.05) is 36.0 Å². The Morgan fingerprint density at radius 2 is 2.05 bits per heavy atom. The molecule has 0 N–H and O–H groups in total. The summed E-state index contributed by atoms with van der Waals surface area (Å²) < 4.78 is 43.1. The second-order valence-electron chi connectivity index (χ2n) is 4.67. The summed E-state index contributed by atoms with van der Waals surface area (Å²) in [5.74, 6) is 0.802. The number of hydrogen-bond donors (Lipinski definition) is 0. The van der Waals surface area contributed by atoms with Crippen LogP contribution in [0, 0.1) is 0 Å². The molecule has 0 unspecified atom stereocenters. The van der Waals surface area contributed by atoms with E-state index in [1.165, 1.54) is 4.90 Å². The lowest BCUT2D eigenvalue weighted by Gasteiger charge is -2.23. The summed E-state index contributed by atoms with van der Waals surface area (Å²) >= 11 is 11.6. The Balaban J connectivity index is 2.18. The fraction of sp³-hybridized carbons (Fsp3) is 0.538. The van der Waals surface area contributed by atoms with Crippen LogP contribution in [0.3, 0.4) is 0 Å². The maximum atomic E-state index is 12.5. The molecule has 2 nitrogen and oxygen atoms in total. The first-order valence-corrected chi connectivity index (χ1v) is 7.09. The third-order valence-electron chi connectivity index (χ3n) is 3.02. The molecule has 0 fully saturated rings. The summed E-state index contributed by atoms with van der Waals surface area (Å²) in [6, 6.07) is 3.45. The highest BCUT2D eigenvalue weighted by molar-refractivity contribution is 6.30. The number of halogens is 5. The van der Waals surface area contributed by atoms with Crippen LogP contribution in [-0.4, -0.2) is 36.7 Å². The lowest BCUT2D eigenvalue weighted by molar-refractivity contribution is -0.146. The number of ether oxygens (including phenoxy) is 1. The lowest BCUT2D eigenvalue weighted by Crippen LogP contribution is -2.35. The molecule has 1 aliphatic rings. The first-order valence-electron chi connectivity index (χ1n) is 6.18. The number of fused-ring (bicyclic) bond motifs is 1. The van der Waals surface area contributed by atoms with Crippen molar-refractivity contribution in [2.24, 2.45) is 0 Å². The van der Waals surface area contributed by atoms with Crippen LogP contribution >= 0.6 is 23.2 Å². The van der Waals surface area contributed by atoms with E-state index < -0.39 is 12.7 Å². The number of hydrogen-bond acceptors (Lipinski definition) is 2. The van der Waals surface area contributed by atoms with Crippen molar-refractivity contribution >= 4 is 23.2 Å². The first kappa shape index (κ1) is 15.7. The second-order valence-corrected chi connectivity index (χ2v) is 5.48. The van der Waals surface area contributed by atoms with Crippen molar-refractivity contribution in [3.63, 3.8) is 0 Å². The van der Waals surface area contributed by atoms with Crippen molar-refractivity contribution in [1.29, 1.82) is 0 Å². The minimum Gasteiger partial charge on any atom is -0.493 e. The third kappa shape index (κ3) is 4.17. The van der Waals surface area contributed by atoms with Gasteiger partial charge < -0.3 is 4.74 Å². The average molecular weight is 328 g/mol. The Morgan fingerprint density at radius 3 is 2.70 bits per heavy atom. The van der Waals surface area contributed by atoms with Crippen LogP contribution in [0.1, 0.15) is 11.1 Å². The quantitative estimate of drug-likeness (QED) is 0.761. The fourth-order valence-electron chi connectivity index (χ4n) is 2.29. The molecule has 0 amide bonds. The van der Waals surface area contributed by atoms with Crippen LogP contribution in [-0.2, 0) is 13.0 Å². The maximum absolute atomic E-state index is 12.5. The Bertz CT molecular complexity index is 479. The maximum Gasteiger partial charge on any atom is 0.401 e. The van der Waals surface area contributed by atoms with Gasteiger partial charge in [-0.15, -0.1) is 11.6 Å². The van der Waals surface area contributed by atoms with Crippen LogP contribution in [0.4, 0.5) is 13.2 Å². The van der Waals surface area contributed by atoms with Gasteiger partial charge in [0.15, 0.2) is 0 Å². The zero-order valence-electron chi connectivity index (χ0n) is 10.6. The van der Waals surface area contributed by atoms with E-state index in [4.69, 9.17) is 27.9 Å². The van der Waals surface area contributed by atoms with Crippen molar-refractivity contribution in [3.05, 3.63) is 28.3 Å². The average Bonchev–Trinajstić information content (AvgIpc) is 2.74. The molecule has 0 aliphatic carbocycles. The Hall–Kier alpha value is -0.650. The second kappa shape index (κ2) is 6.41. The van der Waals surface area contributed by atoms with Crippen molar-refractivity contribution in [2.75, 3.05) is 25.6 Å². The van der Waals surface area contributed by atoms with Gasteiger partial charge in [-0.25, -0.2) is 0 Å². The predicted octanol–water partition coefficient (Wildman–Crippen LogP) is 3.88. The van der Waals surface area contributed by atoms with Crippen LogP contribution < -0.4 is 4.74 Å². The van der Waals surface area contributed by atoms with Crippen LogP contribution in [0.2, 0.25) is 5.02 Å². The SMILES string of the molecule is FC(F)(F)CN(CCCl)Cc1cc(Cl)cc2c1OCC2. The van der Waals surface area contributed by atoms with Gasteiger partial charge in [-0.1, -0.05) is 11.6 Å². The van der Waals surface area contributed by atoms with Gasteiger partial charge in [-0.05, 0) is 17.7 Å². The highest BCUT2D eigenvalue weighted by atomic mass is 35.5. The van der Waals surface area contributed by atoms with E-state index in [2.05, 4.69) is 0 Å². The van der Waals surface area contributed by atoms with Crippen molar-refractivity contribution in [2.45, 2.75) is 19.1 Å². The number of rotatable bonds is 5. The molecule has 112 valence electrons. The van der Waals surface area contributed by atoms with Crippen molar-refractivity contribution in [1.82, 2.24) is 4.90 Å². The summed E-state index contributed by atoms with van der Waals surface area (Å²) in [4.78, 5) is 1.25. The summed E-state index contributed by atoms with van der Waals surface area (Å²) in [5, 5.41) is 0.516. The summed E-state index contributed by atoms with van der Waals surface area (Å²) in [5.41, 5.74) is 1.63. The molecule has 1 aliphatic heterocycles. The molecular formula is C13H14Cl2F3NO. The summed E-state index contributed by atoms with van der Waals surface area (Å²) in [6.45, 7) is -0.185. The Labute approximate surface area is 125 Å². The molecule has 0 aromatic heterocycles. The molecule has 1 aromatic rings. The molecular weight excluding hydrogens is 314 g/mol. The molecule has 0 saturated heterocycles. The number of benzene rings is 1. The Morgan fingerprint density at radius 1 is 1.30 bits per heavy atom.